The summed E-state index contributed by atoms with van der Waals surface area (Å²) in [5, 5.41) is 8.79. The van der Waals surface area contributed by atoms with Crippen molar-refractivity contribution in [3.8, 4) is 11.8 Å². The molecule has 0 aromatic heterocycles. The fourth-order valence-electron chi connectivity index (χ4n) is 5.32. The van der Waals surface area contributed by atoms with E-state index in [-0.39, 0.29) is 5.41 Å². The van der Waals surface area contributed by atoms with Crippen molar-refractivity contribution in [1.29, 1.82) is 0 Å². The topological polar surface area (TPSA) is 40.5 Å². The van der Waals surface area contributed by atoms with E-state index >= 15 is 0 Å². The molecule has 33 heavy (non-hydrogen) atoms. The summed E-state index contributed by atoms with van der Waals surface area (Å²) < 4.78 is 0. The van der Waals surface area contributed by atoms with Crippen molar-refractivity contribution in [1.82, 2.24) is 4.90 Å². The Kier molecular flexibility index (Phi) is 5.67. The van der Waals surface area contributed by atoms with Gasteiger partial charge in [-0.2, -0.15) is 0 Å². The van der Waals surface area contributed by atoms with Gasteiger partial charge in [-0.15, -0.1) is 0 Å². The lowest BCUT2D eigenvalue weighted by Gasteiger charge is -2.42. The van der Waals surface area contributed by atoms with Crippen LogP contribution in [-0.4, -0.2) is 29.1 Å². The summed E-state index contributed by atoms with van der Waals surface area (Å²) >= 11 is 0. The first-order valence-electron chi connectivity index (χ1n) is 12.3. The number of carboxylic acid groups (broad SMARTS) is 1. The minimum atomic E-state index is -0.939. The number of aliphatic carboxylic acids is 1. The van der Waals surface area contributed by atoms with Gasteiger partial charge in [0.2, 0.25) is 0 Å². The minimum absolute atomic E-state index is 0.176. The second kappa shape index (κ2) is 8.50. The smallest absolute Gasteiger partial charge is 0.328 e. The van der Waals surface area contributed by atoms with E-state index in [1.165, 1.54) is 44.1 Å². The molecule has 3 aliphatic carbocycles. The summed E-state index contributed by atoms with van der Waals surface area (Å²) in [5.74, 6) is 6.54. The molecule has 170 valence electrons. The van der Waals surface area contributed by atoms with E-state index in [2.05, 4.69) is 49.8 Å². The highest BCUT2D eigenvalue weighted by molar-refractivity contribution is 5.85. The molecule has 0 aliphatic heterocycles. The maximum Gasteiger partial charge on any atom is 0.328 e. The minimum Gasteiger partial charge on any atom is -0.478 e. The zero-order valence-corrected chi connectivity index (χ0v) is 19.9. The molecule has 1 atom stereocenters. The predicted octanol–water partition coefficient (Wildman–Crippen LogP) is 6.27. The van der Waals surface area contributed by atoms with Crippen LogP contribution in [0.2, 0.25) is 0 Å². The van der Waals surface area contributed by atoms with Crippen LogP contribution in [-0.2, 0) is 10.2 Å². The zero-order valence-electron chi connectivity index (χ0n) is 19.9. The number of rotatable bonds is 5. The van der Waals surface area contributed by atoms with Crippen molar-refractivity contribution in [2.24, 2.45) is 0 Å². The first-order valence-corrected chi connectivity index (χ1v) is 12.3. The van der Waals surface area contributed by atoms with E-state index in [9.17, 15) is 4.79 Å². The normalized spacial score (nSPS) is 21.5. The Morgan fingerprint density at radius 2 is 1.73 bits per heavy atom. The molecule has 0 heterocycles. The predicted molar refractivity (Wildman–Crippen MR) is 133 cm³/mol. The second-order valence-corrected chi connectivity index (χ2v) is 10.7. The van der Waals surface area contributed by atoms with Gasteiger partial charge in [0, 0.05) is 29.3 Å². The van der Waals surface area contributed by atoms with Crippen LogP contribution in [0.15, 0.2) is 42.5 Å². The zero-order chi connectivity index (χ0) is 23.2. The highest BCUT2D eigenvalue weighted by atomic mass is 16.4. The molecule has 2 saturated carbocycles. The summed E-state index contributed by atoms with van der Waals surface area (Å²) in [5.41, 5.74) is 7.77. The molecule has 0 spiro atoms. The van der Waals surface area contributed by atoms with Crippen LogP contribution in [0.4, 0.5) is 0 Å². The number of hydrogen-bond donors (Lipinski definition) is 1. The van der Waals surface area contributed by atoms with Gasteiger partial charge in [-0.05, 0) is 110 Å². The van der Waals surface area contributed by atoms with Crippen LogP contribution in [0.1, 0.15) is 97.7 Å². The molecule has 1 N–H and O–H groups in total. The van der Waals surface area contributed by atoms with Crippen molar-refractivity contribution in [3.63, 3.8) is 0 Å². The van der Waals surface area contributed by atoms with E-state index in [0.29, 0.717) is 12.0 Å². The van der Waals surface area contributed by atoms with Crippen molar-refractivity contribution in [2.75, 3.05) is 7.05 Å². The highest BCUT2D eigenvalue weighted by Crippen LogP contribution is 2.52. The first-order chi connectivity index (χ1) is 15.8. The summed E-state index contributed by atoms with van der Waals surface area (Å²) in [6, 6.07) is 13.8. The van der Waals surface area contributed by atoms with Gasteiger partial charge in [0.05, 0.1) is 0 Å². The van der Waals surface area contributed by atoms with Gasteiger partial charge in [0.1, 0.15) is 0 Å². The molecule has 3 aliphatic rings. The van der Waals surface area contributed by atoms with Crippen LogP contribution < -0.4 is 0 Å². The molecular formula is C30H33NO2. The van der Waals surface area contributed by atoms with Crippen molar-refractivity contribution < 1.29 is 9.90 Å². The van der Waals surface area contributed by atoms with Crippen LogP contribution in [0.3, 0.4) is 0 Å². The Labute approximate surface area is 197 Å². The van der Waals surface area contributed by atoms with Gasteiger partial charge in [-0.25, -0.2) is 4.79 Å². The third-order valence-electron chi connectivity index (χ3n) is 7.63. The molecule has 3 nitrogen and oxygen atoms in total. The molecule has 2 aromatic carbocycles. The van der Waals surface area contributed by atoms with Crippen LogP contribution in [0.25, 0.3) is 6.08 Å². The van der Waals surface area contributed by atoms with Gasteiger partial charge in [-0.3, -0.25) is 4.90 Å². The molecule has 5 rings (SSSR count). The van der Waals surface area contributed by atoms with E-state index in [1.807, 2.05) is 24.3 Å². The molecule has 1 unspecified atom stereocenters. The monoisotopic (exact) mass is 439 g/mol. The summed E-state index contributed by atoms with van der Waals surface area (Å²) in [4.78, 5) is 13.4. The lowest BCUT2D eigenvalue weighted by Crippen LogP contribution is -2.36. The lowest BCUT2D eigenvalue weighted by atomic mass is 9.68. The quantitative estimate of drug-likeness (QED) is 0.441. The van der Waals surface area contributed by atoms with Crippen molar-refractivity contribution in [2.45, 2.75) is 75.8 Å². The van der Waals surface area contributed by atoms with E-state index < -0.39 is 5.97 Å². The Morgan fingerprint density at radius 3 is 2.36 bits per heavy atom. The summed E-state index contributed by atoms with van der Waals surface area (Å²) in [7, 11) is 2.34. The summed E-state index contributed by atoms with van der Waals surface area (Å²) in [6.07, 6.45) is 10.5. The third-order valence-corrected chi connectivity index (χ3v) is 7.63. The maximum absolute atomic E-state index is 10.7. The standard InChI is InChI=1S/C30H33NO2/c1-30(2)17-16-27(31(3)24-13-14-24)29-25(23-11-12-23)18-22(19-26(29)30)9-8-20-4-6-21(7-5-20)10-15-28(32)33/h4-7,10,15,18-19,23-24,27H,11-14,16-17H2,1-3H3,(H,32,33). The molecule has 0 amide bonds. The molecule has 0 radical (unpaired) electrons. The van der Waals surface area contributed by atoms with Gasteiger partial charge in [-0.1, -0.05) is 37.8 Å². The molecule has 0 bridgehead atoms. The molecule has 2 fully saturated rings. The number of benzene rings is 2. The van der Waals surface area contributed by atoms with Gasteiger partial charge >= 0.3 is 5.97 Å². The van der Waals surface area contributed by atoms with Gasteiger partial charge in [0.15, 0.2) is 0 Å². The Bertz CT molecular complexity index is 1150. The molecule has 0 saturated heterocycles. The Hall–Kier alpha value is -2.83. The van der Waals surface area contributed by atoms with Crippen molar-refractivity contribution in [3.05, 3.63) is 75.9 Å². The van der Waals surface area contributed by atoms with E-state index in [0.717, 1.165) is 28.8 Å². The fraction of sp³-hybridized carbons (Fsp3) is 0.433. The highest BCUT2D eigenvalue weighted by Gasteiger charge is 2.42. The van der Waals surface area contributed by atoms with Gasteiger partial charge in [0.25, 0.3) is 0 Å². The van der Waals surface area contributed by atoms with Gasteiger partial charge < -0.3 is 5.11 Å². The Balaban J connectivity index is 1.49. The average Bonchev–Trinajstić information content (AvgIpc) is 3.69. The molecule has 3 heteroatoms. The number of carboxylic acids is 1. The number of fused-ring (bicyclic) bond motifs is 1. The largest absolute Gasteiger partial charge is 0.478 e. The number of nitrogens with zero attached hydrogens (tertiary/aromatic N) is 1. The van der Waals surface area contributed by atoms with Crippen LogP contribution >= 0.6 is 0 Å². The number of hydrogen-bond acceptors (Lipinski definition) is 2. The average molecular weight is 440 g/mol. The van der Waals surface area contributed by atoms with E-state index in [4.69, 9.17) is 5.11 Å². The SMILES string of the molecule is CN(C1CC1)C1CCC(C)(C)c2cc(C#Cc3ccc(C=CC(=O)O)cc3)cc(C3CC3)c21. The number of carbonyl (C=O) groups is 1. The lowest BCUT2D eigenvalue weighted by molar-refractivity contribution is -0.131. The molecule has 2 aromatic rings. The van der Waals surface area contributed by atoms with Crippen molar-refractivity contribution >= 4 is 12.0 Å². The maximum atomic E-state index is 10.7. The van der Waals surface area contributed by atoms with Crippen LogP contribution in [0.5, 0.6) is 0 Å². The van der Waals surface area contributed by atoms with E-state index in [1.54, 1.807) is 17.2 Å². The van der Waals surface area contributed by atoms with Crippen LogP contribution in [0, 0.1) is 11.8 Å². The third kappa shape index (κ3) is 4.77. The Morgan fingerprint density at radius 1 is 1.03 bits per heavy atom. The molecular weight excluding hydrogens is 406 g/mol. The first kappa shape index (κ1) is 22.0. The fourth-order valence-corrected chi connectivity index (χ4v) is 5.32. The summed E-state index contributed by atoms with van der Waals surface area (Å²) in [6.45, 7) is 4.80. The second-order valence-electron chi connectivity index (χ2n) is 10.7.